The van der Waals surface area contributed by atoms with Crippen LogP contribution in [0.4, 0.5) is 10.2 Å². The molecule has 0 bridgehead atoms. The summed E-state index contributed by atoms with van der Waals surface area (Å²) >= 11 is 4.92. The first-order valence-electron chi connectivity index (χ1n) is 5.89. The fraction of sp³-hybridized carbons (Fsp3) is 0.0714. The fourth-order valence-corrected chi connectivity index (χ4v) is 3.21. The molecule has 3 rings (SSSR count). The number of aryl methyl sites for hydroxylation is 1. The van der Waals surface area contributed by atoms with Gasteiger partial charge in [0.2, 0.25) is 0 Å². The van der Waals surface area contributed by atoms with Gasteiger partial charge >= 0.3 is 0 Å². The normalized spacial score (nSPS) is 10.9. The summed E-state index contributed by atoms with van der Waals surface area (Å²) in [4.78, 5) is 0.977. The van der Waals surface area contributed by atoms with Gasteiger partial charge in [0.25, 0.3) is 0 Å². The summed E-state index contributed by atoms with van der Waals surface area (Å²) in [6.07, 6.45) is 0. The van der Waals surface area contributed by atoms with Gasteiger partial charge in [0.1, 0.15) is 17.3 Å². The highest BCUT2D eigenvalue weighted by Gasteiger charge is 2.20. The third-order valence-corrected chi connectivity index (χ3v) is 4.42. The minimum atomic E-state index is -0.316. The number of aromatic nitrogens is 2. The minimum absolute atomic E-state index is 0.316. The number of hydrogen-bond donors (Lipinski definition) is 1. The number of nitrogens with two attached hydrogens (primary N) is 1. The van der Waals surface area contributed by atoms with Gasteiger partial charge in [0.15, 0.2) is 0 Å². The third-order valence-electron chi connectivity index (χ3n) is 3.04. The molecule has 2 heterocycles. The molecule has 2 N–H and O–H groups in total. The molecule has 1 aromatic carbocycles. The Hall–Kier alpha value is -1.66. The number of anilines is 1. The first-order chi connectivity index (χ1) is 9.58. The lowest BCUT2D eigenvalue weighted by atomic mass is 10.1. The molecule has 0 amide bonds. The largest absolute Gasteiger partial charge is 0.383 e. The third kappa shape index (κ3) is 2.14. The van der Waals surface area contributed by atoms with E-state index in [1.165, 1.54) is 6.07 Å². The first-order valence-corrected chi connectivity index (χ1v) is 7.57. The van der Waals surface area contributed by atoms with Crippen molar-refractivity contribution in [2.24, 2.45) is 7.05 Å². The number of thiophene rings is 1. The van der Waals surface area contributed by atoms with E-state index < -0.39 is 0 Å². The molecule has 3 nitrogen and oxygen atoms in total. The smallest absolute Gasteiger partial charge is 0.132 e. The van der Waals surface area contributed by atoms with Crippen LogP contribution in [0.1, 0.15) is 0 Å². The molecule has 3 aromatic rings. The van der Waals surface area contributed by atoms with Crippen LogP contribution in [0.25, 0.3) is 21.7 Å². The maximum absolute atomic E-state index is 14.1. The lowest BCUT2D eigenvalue weighted by Gasteiger charge is -2.04. The molecule has 0 fully saturated rings. The highest BCUT2D eigenvalue weighted by atomic mass is 79.9. The zero-order chi connectivity index (χ0) is 14.3. The van der Waals surface area contributed by atoms with E-state index in [0.717, 1.165) is 14.9 Å². The first kappa shape index (κ1) is 13.3. The maximum atomic E-state index is 14.1. The molecule has 20 heavy (non-hydrogen) atoms. The number of benzene rings is 1. The number of hydrogen-bond acceptors (Lipinski definition) is 3. The van der Waals surface area contributed by atoms with Crippen LogP contribution < -0.4 is 5.73 Å². The Morgan fingerprint density at radius 1 is 1.35 bits per heavy atom. The lowest BCUT2D eigenvalue weighted by molar-refractivity contribution is 0.629. The average Bonchev–Trinajstić information content (AvgIpc) is 3.02. The molecule has 2 aromatic heterocycles. The predicted octanol–water partition coefficient (Wildman–Crippen LogP) is 4.30. The van der Waals surface area contributed by atoms with Crippen molar-refractivity contribution in [3.05, 3.63) is 46.0 Å². The van der Waals surface area contributed by atoms with Crippen molar-refractivity contribution < 1.29 is 4.39 Å². The van der Waals surface area contributed by atoms with Crippen molar-refractivity contribution in [2.75, 3.05) is 5.73 Å². The number of nitrogen functional groups attached to an aromatic ring is 1. The van der Waals surface area contributed by atoms with E-state index in [1.54, 1.807) is 35.2 Å². The Bertz CT molecular complexity index is 765. The highest BCUT2D eigenvalue weighted by molar-refractivity contribution is 9.10. The summed E-state index contributed by atoms with van der Waals surface area (Å²) in [7, 11) is 1.76. The molecule has 0 aliphatic heterocycles. The molecule has 102 valence electrons. The van der Waals surface area contributed by atoms with E-state index in [9.17, 15) is 4.39 Å². The van der Waals surface area contributed by atoms with Gasteiger partial charge in [-0.2, -0.15) is 5.10 Å². The topological polar surface area (TPSA) is 43.8 Å². The Morgan fingerprint density at radius 3 is 2.85 bits per heavy atom. The van der Waals surface area contributed by atoms with Gasteiger partial charge in [-0.15, -0.1) is 11.3 Å². The molecular formula is C14H11BrFN3S. The van der Waals surface area contributed by atoms with Crippen LogP contribution in [0.5, 0.6) is 0 Å². The van der Waals surface area contributed by atoms with Crippen LogP contribution in [0.3, 0.4) is 0 Å². The van der Waals surface area contributed by atoms with Crippen LogP contribution in [-0.2, 0) is 7.05 Å². The molecule has 0 spiro atoms. The van der Waals surface area contributed by atoms with Gasteiger partial charge in [-0.1, -0.05) is 22.0 Å². The van der Waals surface area contributed by atoms with Crippen molar-refractivity contribution in [1.82, 2.24) is 9.78 Å². The highest BCUT2D eigenvalue weighted by Crippen LogP contribution is 2.39. The molecule has 0 radical (unpaired) electrons. The van der Waals surface area contributed by atoms with Gasteiger partial charge in [-0.25, -0.2) is 4.39 Å². The van der Waals surface area contributed by atoms with Gasteiger partial charge in [0.05, 0.1) is 5.56 Å². The van der Waals surface area contributed by atoms with Crippen molar-refractivity contribution in [1.29, 1.82) is 0 Å². The molecule has 0 saturated carbocycles. The van der Waals surface area contributed by atoms with Crippen molar-refractivity contribution in [3.63, 3.8) is 0 Å². The molecule has 0 unspecified atom stereocenters. The van der Waals surface area contributed by atoms with E-state index in [4.69, 9.17) is 5.73 Å². The van der Waals surface area contributed by atoms with E-state index >= 15 is 0 Å². The zero-order valence-electron chi connectivity index (χ0n) is 10.6. The Labute approximate surface area is 128 Å². The second-order valence-corrected chi connectivity index (χ2v) is 6.20. The van der Waals surface area contributed by atoms with E-state index in [1.807, 2.05) is 17.5 Å². The molecule has 6 heteroatoms. The SMILES string of the molecule is Cn1nc(-c2cc(Br)ccc2F)c(-c2cccs2)c1N. The van der Waals surface area contributed by atoms with Crippen LogP contribution in [0.15, 0.2) is 40.2 Å². The Morgan fingerprint density at radius 2 is 2.15 bits per heavy atom. The quantitative estimate of drug-likeness (QED) is 0.747. The van der Waals surface area contributed by atoms with Gasteiger partial charge in [0, 0.05) is 22.0 Å². The Balaban J connectivity index is 2.30. The summed E-state index contributed by atoms with van der Waals surface area (Å²) in [5.41, 5.74) is 7.87. The predicted molar refractivity (Wildman–Crippen MR) is 84.0 cm³/mol. The molecular weight excluding hydrogens is 341 g/mol. The number of rotatable bonds is 2. The van der Waals surface area contributed by atoms with Crippen LogP contribution in [-0.4, -0.2) is 9.78 Å². The zero-order valence-corrected chi connectivity index (χ0v) is 13.0. The van der Waals surface area contributed by atoms with Crippen LogP contribution in [0.2, 0.25) is 0 Å². The minimum Gasteiger partial charge on any atom is -0.383 e. The standard InChI is InChI=1S/C14H11BrFN3S/c1-19-14(17)12(11-3-2-6-20-11)13(18-19)9-7-8(15)4-5-10(9)16/h2-7H,17H2,1H3. The molecule has 0 atom stereocenters. The monoisotopic (exact) mass is 351 g/mol. The van der Waals surface area contributed by atoms with E-state index in [-0.39, 0.29) is 5.82 Å². The molecule has 0 aliphatic carbocycles. The average molecular weight is 352 g/mol. The van der Waals surface area contributed by atoms with E-state index in [2.05, 4.69) is 21.0 Å². The van der Waals surface area contributed by atoms with Gasteiger partial charge in [-0.3, -0.25) is 4.68 Å². The van der Waals surface area contributed by atoms with Gasteiger partial charge in [-0.05, 0) is 29.6 Å². The Kier molecular flexibility index (Phi) is 3.35. The van der Waals surface area contributed by atoms with Gasteiger partial charge < -0.3 is 5.73 Å². The second kappa shape index (κ2) is 5.03. The summed E-state index contributed by atoms with van der Waals surface area (Å²) in [5, 5.41) is 6.34. The van der Waals surface area contributed by atoms with Crippen LogP contribution >= 0.6 is 27.3 Å². The maximum Gasteiger partial charge on any atom is 0.132 e. The van der Waals surface area contributed by atoms with Crippen LogP contribution in [0, 0.1) is 5.82 Å². The number of halogens is 2. The van der Waals surface area contributed by atoms with Crippen molar-refractivity contribution in [2.45, 2.75) is 0 Å². The molecule has 0 aliphatic rings. The summed E-state index contributed by atoms with van der Waals surface area (Å²) in [6.45, 7) is 0. The molecule has 0 saturated heterocycles. The number of nitrogens with zero attached hydrogens (tertiary/aromatic N) is 2. The summed E-state index contributed by atoms with van der Waals surface area (Å²) < 4.78 is 16.5. The fourth-order valence-electron chi connectivity index (χ4n) is 2.07. The summed E-state index contributed by atoms with van der Waals surface area (Å²) in [6, 6.07) is 8.69. The van der Waals surface area contributed by atoms with Crippen molar-refractivity contribution in [3.8, 4) is 21.7 Å². The summed E-state index contributed by atoms with van der Waals surface area (Å²) in [5.74, 6) is 0.214. The van der Waals surface area contributed by atoms with E-state index in [0.29, 0.717) is 17.1 Å². The second-order valence-electron chi connectivity index (χ2n) is 4.33. The lowest BCUT2D eigenvalue weighted by Crippen LogP contribution is -1.97. The van der Waals surface area contributed by atoms with Crippen molar-refractivity contribution >= 4 is 33.1 Å².